The van der Waals surface area contributed by atoms with Crippen LogP contribution in [-0.2, 0) is 9.47 Å². The average Bonchev–Trinajstić information content (AvgIpc) is 2.69. The summed E-state index contributed by atoms with van der Waals surface area (Å²) < 4.78 is 10.9. The summed E-state index contributed by atoms with van der Waals surface area (Å²) in [4.78, 5) is 21.4. The quantitative estimate of drug-likeness (QED) is 0.379. The Labute approximate surface area is 176 Å². The summed E-state index contributed by atoms with van der Waals surface area (Å²) in [5.74, 6) is 1.24. The molecule has 8 nitrogen and oxygen atoms in total. The van der Waals surface area contributed by atoms with Crippen molar-refractivity contribution in [3.8, 4) is 0 Å². The molecule has 0 aliphatic carbocycles. The van der Waals surface area contributed by atoms with Gasteiger partial charge in [0.2, 0.25) is 0 Å². The number of nitrogens with zero attached hydrogens (tertiary/aromatic N) is 3. The van der Waals surface area contributed by atoms with Crippen LogP contribution in [0.3, 0.4) is 0 Å². The number of hydrogen-bond donors (Lipinski definition) is 2. The number of aliphatic imine (C=N–C) groups is 1. The molecule has 1 atom stereocenters. The minimum absolute atomic E-state index is 0.209. The van der Waals surface area contributed by atoms with Gasteiger partial charge < -0.3 is 25.0 Å². The fourth-order valence-corrected chi connectivity index (χ4v) is 3.60. The number of nitrogens with one attached hydrogen (secondary N) is 2. The smallest absolute Gasteiger partial charge is 0.410 e. The number of guanidine groups is 1. The number of carbonyl (C=O) groups excluding carboxylic acids is 1. The van der Waals surface area contributed by atoms with Gasteiger partial charge in [-0.3, -0.25) is 9.89 Å². The highest BCUT2D eigenvalue weighted by molar-refractivity contribution is 5.79. The zero-order valence-electron chi connectivity index (χ0n) is 18.8. The van der Waals surface area contributed by atoms with Gasteiger partial charge in [-0.15, -0.1) is 0 Å². The van der Waals surface area contributed by atoms with Crippen molar-refractivity contribution in [2.24, 2.45) is 10.9 Å². The normalized spacial score (nSPS) is 21.7. The van der Waals surface area contributed by atoms with Crippen LogP contribution in [-0.4, -0.2) is 93.0 Å². The number of hydrogen-bond acceptors (Lipinski definition) is 5. The van der Waals surface area contributed by atoms with Crippen LogP contribution in [0.1, 0.15) is 47.0 Å². The van der Waals surface area contributed by atoms with Gasteiger partial charge in [0.1, 0.15) is 5.60 Å². The van der Waals surface area contributed by atoms with Crippen LogP contribution < -0.4 is 10.6 Å². The largest absolute Gasteiger partial charge is 0.444 e. The number of piperidine rings is 1. The van der Waals surface area contributed by atoms with Gasteiger partial charge in [0.05, 0.1) is 13.2 Å². The summed E-state index contributed by atoms with van der Waals surface area (Å²) in [5.41, 5.74) is -0.453. The molecule has 2 aliphatic rings. The SMILES string of the molecule is CCNC(=NCC1CCCN(C(=O)OC(C)(C)C)C1)NCCCN1CCOCC1. The third kappa shape index (κ3) is 9.67. The van der Waals surface area contributed by atoms with E-state index in [1.807, 2.05) is 25.7 Å². The van der Waals surface area contributed by atoms with E-state index in [1.54, 1.807) is 0 Å². The summed E-state index contributed by atoms with van der Waals surface area (Å²) in [6, 6.07) is 0. The molecule has 8 heteroatoms. The van der Waals surface area contributed by atoms with Gasteiger partial charge in [-0.05, 0) is 59.4 Å². The summed E-state index contributed by atoms with van der Waals surface area (Å²) in [7, 11) is 0. The van der Waals surface area contributed by atoms with Gasteiger partial charge in [-0.2, -0.15) is 0 Å². The molecule has 1 amide bonds. The Bertz CT molecular complexity index is 515. The first kappa shape index (κ1) is 23.7. The van der Waals surface area contributed by atoms with Gasteiger partial charge in [-0.25, -0.2) is 4.79 Å². The Kier molecular flexibility index (Phi) is 10.0. The number of likely N-dealkylation sites (tertiary alicyclic amines) is 1. The molecule has 0 radical (unpaired) electrons. The second kappa shape index (κ2) is 12.2. The van der Waals surface area contributed by atoms with Crippen LogP contribution in [0.5, 0.6) is 0 Å². The lowest BCUT2D eigenvalue weighted by Crippen LogP contribution is -2.44. The van der Waals surface area contributed by atoms with Crippen LogP contribution in [0, 0.1) is 5.92 Å². The number of amides is 1. The molecular weight excluding hydrogens is 370 g/mol. The van der Waals surface area contributed by atoms with Crippen molar-refractivity contribution in [1.82, 2.24) is 20.4 Å². The van der Waals surface area contributed by atoms with Crippen molar-refractivity contribution in [3.63, 3.8) is 0 Å². The fourth-order valence-electron chi connectivity index (χ4n) is 3.60. The minimum atomic E-state index is -0.453. The first-order valence-corrected chi connectivity index (χ1v) is 11.2. The molecule has 1 unspecified atom stereocenters. The van der Waals surface area contributed by atoms with Crippen molar-refractivity contribution in [3.05, 3.63) is 0 Å². The third-order valence-electron chi connectivity index (χ3n) is 5.07. The van der Waals surface area contributed by atoms with Crippen LogP contribution >= 0.6 is 0 Å². The Hall–Kier alpha value is -1.54. The van der Waals surface area contributed by atoms with Gasteiger partial charge in [0, 0.05) is 45.8 Å². The highest BCUT2D eigenvalue weighted by atomic mass is 16.6. The molecule has 0 aromatic heterocycles. The summed E-state index contributed by atoms with van der Waals surface area (Å²) >= 11 is 0. The zero-order valence-corrected chi connectivity index (χ0v) is 18.8. The standard InChI is InChI=1S/C21H41N5O3/c1-5-22-19(23-9-7-10-25-12-14-28-15-13-25)24-16-18-8-6-11-26(17-18)20(27)29-21(2,3)4/h18H,5-17H2,1-4H3,(H2,22,23,24). The van der Waals surface area contributed by atoms with Gasteiger partial charge in [0.25, 0.3) is 0 Å². The van der Waals surface area contributed by atoms with E-state index in [0.717, 1.165) is 90.8 Å². The van der Waals surface area contributed by atoms with Crippen LogP contribution in [0.4, 0.5) is 4.79 Å². The molecule has 2 N–H and O–H groups in total. The van der Waals surface area contributed by atoms with Crippen molar-refractivity contribution < 1.29 is 14.3 Å². The van der Waals surface area contributed by atoms with E-state index in [9.17, 15) is 4.79 Å². The monoisotopic (exact) mass is 411 g/mol. The molecular formula is C21H41N5O3. The lowest BCUT2D eigenvalue weighted by Gasteiger charge is -2.33. The first-order chi connectivity index (χ1) is 13.9. The molecule has 2 heterocycles. The second-order valence-electron chi connectivity index (χ2n) is 8.89. The van der Waals surface area contributed by atoms with E-state index in [4.69, 9.17) is 14.5 Å². The molecule has 0 spiro atoms. The van der Waals surface area contributed by atoms with Crippen molar-refractivity contribution >= 4 is 12.1 Å². The second-order valence-corrected chi connectivity index (χ2v) is 8.89. The van der Waals surface area contributed by atoms with Crippen LogP contribution in [0.2, 0.25) is 0 Å². The highest BCUT2D eigenvalue weighted by Crippen LogP contribution is 2.19. The maximum atomic E-state index is 12.3. The topological polar surface area (TPSA) is 78.4 Å². The lowest BCUT2D eigenvalue weighted by atomic mass is 9.98. The molecule has 2 aliphatic heterocycles. The molecule has 0 aromatic rings. The van der Waals surface area contributed by atoms with E-state index in [2.05, 4.69) is 22.5 Å². The third-order valence-corrected chi connectivity index (χ3v) is 5.07. The molecule has 2 fully saturated rings. The maximum Gasteiger partial charge on any atom is 0.410 e. The van der Waals surface area contributed by atoms with Crippen molar-refractivity contribution in [2.45, 2.75) is 52.6 Å². The highest BCUT2D eigenvalue weighted by Gasteiger charge is 2.27. The van der Waals surface area contributed by atoms with Gasteiger partial charge in [0.15, 0.2) is 5.96 Å². The molecule has 2 saturated heterocycles. The Morgan fingerprint density at radius 1 is 1.21 bits per heavy atom. The molecule has 168 valence electrons. The first-order valence-electron chi connectivity index (χ1n) is 11.2. The molecule has 0 bridgehead atoms. The van der Waals surface area contributed by atoms with Crippen molar-refractivity contribution in [2.75, 3.05) is 65.6 Å². The maximum absolute atomic E-state index is 12.3. The summed E-state index contributed by atoms with van der Waals surface area (Å²) in [6.45, 7) is 16.6. The summed E-state index contributed by atoms with van der Waals surface area (Å²) in [6.07, 6.45) is 2.97. The number of morpholine rings is 1. The van der Waals surface area contributed by atoms with E-state index in [-0.39, 0.29) is 6.09 Å². The van der Waals surface area contributed by atoms with E-state index >= 15 is 0 Å². The van der Waals surface area contributed by atoms with E-state index in [1.165, 1.54) is 0 Å². The predicted molar refractivity (Wildman–Crippen MR) is 116 cm³/mol. The molecule has 0 aromatic carbocycles. The van der Waals surface area contributed by atoms with Gasteiger partial charge in [-0.1, -0.05) is 0 Å². The van der Waals surface area contributed by atoms with Gasteiger partial charge >= 0.3 is 6.09 Å². The number of carbonyl (C=O) groups is 1. The Morgan fingerprint density at radius 3 is 2.66 bits per heavy atom. The Balaban J connectivity index is 1.73. The summed E-state index contributed by atoms with van der Waals surface area (Å²) in [5, 5.41) is 6.77. The fraction of sp³-hybridized carbons (Fsp3) is 0.905. The Morgan fingerprint density at radius 2 is 1.97 bits per heavy atom. The number of rotatable bonds is 7. The minimum Gasteiger partial charge on any atom is -0.444 e. The zero-order chi connectivity index (χ0) is 21.1. The lowest BCUT2D eigenvalue weighted by molar-refractivity contribution is 0.0170. The average molecular weight is 412 g/mol. The van der Waals surface area contributed by atoms with E-state index < -0.39 is 5.60 Å². The number of ether oxygens (including phenoxy) is 2. The van der Waals surface area contributed by atoms with E-state index in [0.29, 0.717) is 5.92 Å². The molecule has 2 rings (SSSR count). The molecule has 0 saturated carbocycles. The predicted octanol–water partition coefficient (Wildman–Crippen LogP) is 1.91. The van der Waals surface area contributed by atoms with Crippen LogP contribution in [0.15, 0.2) is 4.99 Å². The molecule has 29 heavy (non-hydrogen) atoms. The van der Waals surface area contributed by atoms with Crippen LogP contribution in [0.25, 0.3) is 0 Å². The van der Waals surface area contributed by atoms with Crippen molar-refractivity contribution in [1.29, 1.82) is 0 Å².